The molecule has 2 aromatic rings. The third kappa shape index (κ3) is 3.40. The van der Waals surface area contributed by atoms with Gasteiger partial charge in [0.1, 0.15) is 0 Å². The first-order valence-corrected chi connectivity index (χ1v) is 8.13. The SMILES string of the molecule is Cc1cc(C(=O)CN(C)Cc2cc(Br)cs2)c(C)n1C. The molecule has 3 nitrogen and oxygen atoms in total. The van der Waals surface area contributed by atoms with Crippen molar-refractivity contribution in [2.45, 2.75) is 20.4 Å². The number of ketones is 1. The van der Waals surface area contributed by atoms with E-state index >= 15 is 0 Å². The first-order chi connectivity index (χ1) is 9.38. The number of thiophene rings is 1. The Labute approximate surface area is 132 Å². The molecule has 0 saturated carbocycles. The molecular weight excluding hydrogens is 336 g/mol. The van der Waals surface area contributed by atoms with Gasteiger partial charge in [-0.3, -0.25) is 9.69 Å². The van der Waals surface area contributed by atoms with Crippen LogP contribution in [0.2, 0.25) is 0 Å². The highest BCUT2D eigenvalue weighted by Crippen LogP contribution is 2.21. The summed E-state index contributed by atoms with van der Waals surface area (Å²) in [6.07, 6.45) is 0. The molecule has 5 heteroatoms. The predicted octanol–water partition coefficient (Wildman–Crippen LogP) is 3.78. The second-order valence-electron chi connectivity index (χ2n) is 5.17. The van der Waals surface area contributed by atoms with Gasteiger partial charge >= 0.3 is 0 Å². The van der Waals surface area contributed by atoms with Gasteiger partial charge in [-0.25, -0.2) is 0 Å². The van der Waals surface area contributed by atoms with Crippen LogP contribution in [0.1, 0.15) is 26.6 Å². The summed E-state index contributed by atoms with van der Waals surface area (Å²) in [6.45, 7) is 5.26. The van der Waals surface area contributed by atoms with Crippen LogP contribution < -0.4 is 0 Å². The van der Waals surface area contributed by atoms with Crippen LogP contribution in [0.3, 0.4) is 0 Å². The number of nitrogens with zero attached hydrogens (tertiary/aromatic N) is 2. The van der Waals surface area contributed by atoms with E-state index in [2.05, 4.69) is 36.8 Å². The highest BCUT2D eigenvalue weighted by molar-refractivity contribution is 9.10. The van der Waals surface area contributed by atoms with Gasteiger partial charge in [0.2, 0.25) is 0 Å². The van der Waals surface area contributed by atoms with Gasteiger partial charge in [0.25, 0.3) is 0 Å². The van der Waals surface area contributed by atoms with Crippen LogP contribution in [0.5, 0.6) is 0 Å². The van der Waals surface area contributed by atoms with E-state index in [0.29, 0.717) is 6.54 Å². The number of aryl methyl sites for hydroxylation is 1. The molecule has 20 heavy (non-hydrogen) atoms. The van der Waals surface area contributed by atoms with Gasteiger partial charge in [-0.2, -0.15) is 0 Å². The van der Waals surface area contributed by atoms with Crippen molar-refractivity contribution in [2.24, 2.45) is 7.05 Å². The van der Waals surface area contributed by atoms with Crippen LogP contribution in [-0.2, 0) is 13.6 Å². The summed E-state index contributed by atoms with van der Waals surface area (Å²) in [7, 11) is 3.98. The van der Waals surface area contributed by atoms with Gasteiger partial charge in [0.15, 0.2) is 5.78 Å². The lowest BCUT2D eigenvalue weighted by molar-refractivity contribution is 0.0943. The summed E-state index contributed by atoms with van der Waals surface area (Å²) < 4.78 is 3.16. The molecule has 2 aromatic heterocycles. The molecular formula is C15H19BrN2OS. The number of hydrogen-bond acceptors (Lipinski definition) is 3. The Morgan fingerprint density at radius 1 is 1.40 bits per heavy atom. The number of hydrogen-bond donors (Lipinski definition) is 0. The van der Waals surface area contributed by atoms with Crippen LogP contribution in [-0.4, -0.2) is 28.8 Å². The molecule has 0 spiro atoms. The Hall–Kier alpha value is -0.910. The van der Waals surface area contributed by atoms with Crippen molar-refractivity contribution >= 4 is 33.0 Å². The maximum Gasteiger partial charge on any atom is 0.178 e. The van der Waals surface area contributed by atoms with E-state index in [9.17, 15) is 4.79 Å². The monoisotopic (exact) mass is 354 g/mol. The normalized spacial score (nSPS) is 11.3. The summed E-state index contributed by atoms with van der Waals surface area (Å²) in [4.78, 5) is 15.7. The van der Waals surface area contributed by atoms with Crippen molar-refractivity contribution in [1.82, 2.24) is 9.47 Å². The average Bonchev–Trinajstić information content (AvgIpc) is 2.88. The molecule has 0 atom stereocenters. The van der Waals surface area contributed by atoms with E-state index in [1.165, 1.54) is 4.88 Å². The molecule has 0 radical (unpaired) electrons. The second kappa shape index (κ2) is 6.24. The van der Waals surface area contributed by atoms with Crippen LogP contribution in [0, 0.1) is 13.8 Å². The number of Topliss-reactive ketones (excluding diaryl/α,β-unsaturated/α-hetero) is 1. The highest BCUT2D eigenvalue weighted by atomic mass is 79.9. The van der Waals surface area contributed by atoms with Gasteiger partial charge in [-0.05, 0) is 49.0 Å². The molecule has 0 aliphatic rings. The van der Waals surface area contributed by atoms with E-state index in [4.69, 9.17) is 0 Å². The molecule has 0 amide bonds. The van der Waals surface area contributed by atoms with E-state index < -0.39 is 0 Å². The molecule has 2 heterocycles. The van der Waals surface area contributed by atoms with Gasteiger partial charge in [-0.15, -0.1) is 11.3 Å². The lowest BCUT2D eigenvalue weighted by Gasteiger charge is -2.14. The van der Waals surface area contributed by atoms with E-state index in [1.54, 1.807) is 11.3 Å². The molecule has 0 N–H and O–H groups in total. The lowest BCUT2D eigenvalue weighted by atomic mass is 10.1. The number of rotatable bonds is 5. The zero-order chi connectivity index (χ0) is 14.9. The molecule has 0 aliphatic carbocycles. The molecule has 0 aliphatic heterocycles. The minimum Gasteiger partial charge on any atom is -0.351 e. The standard InChI is InChI=1S/C15H19BrN2OS/c1-10-5-14(11(2)18(10)4)15(19)8-17(3)7-13-6-12(16)9-20-13/h5-6,9H,7-8H2,1-4H3. The number of aromatic nitrogens is 1. The molecule has 0 fully saturated rings. The van der Waals surface area contributed by atoms with E-state index in [1.807, 2.05) is 34.0 Å². The number of carbonyl (C=O) groups is 1. The molecule has 108 valence electrons. The minimum absolute atomic E-state index is 0.185. The van der Waals surface area contributed by atoms with E-state index in [0.717, 1.165) is 28.0 Å². The zero-order valence-corrected chi connectivity index (χ0v) is 14.6. The van der Waals surface area contributed by atoms with Crippen LogP contribution in [0.25, 0.3) is 0 Å². The summed E-state index contributed by atoms with van der Waals surface area (Å²) in [5, 5.41) is 2.07. The van der Waals surface area contributed by atoms with E-state index in [-0.39, 0.29) is 5.78 Å². The quantitative estimate of drug-likeness (QED) is 0.763. The lowest BCUT2D eigenvalue weighted by Crippen LogP contribution is -2.25. The predicted molar refractivity (Wildman–Crippen MR) is 87.6 cm³/mol. The fourth-order valence-electron chi connectivity index (χ4n) is 2.23. The van der Waals surface area contributed by atoms with Crippen molar-refractivity contribution < 1.29 is 4.79 Å². The largest absolute Gasteiger partial charge is 0.351 e. The molecule has 0 aromatic carbocycles. The summed E-state index contributed by atoms with van der Waals surface area (Å²) in [6, 6.07) is 4.08. The van der Waals surface area contributed by atoms with Crippen molar-refractivity contribution in [3.63, 3.8) is 0 Å². The van der Waals surface area contributed by atoms with Crippen molar-refractivity contribution in [2.75, 3.05) is 13.6 Å². The number of likely N-dealkylation sites (N-methyl/N-ethyl adjacent to an activating group) is 1. The Balaban J connectivity index is 2.02. The average molecular weight is 355 g/mol. The van der Waals surface area contributed by atoms with Gasteiger partial charge < -0.3 is 4.57 Å². The first-order valence-electron chi connectivity index (χ1n) is 6.46. The highest BCUT2D eigenvalue weighted by Gasteiger charge is 2.16. The van der Waals surface area contributed by atoms with Crippen molar-refractivity contribution in [3.05, 3.63) is 43.8 Å². The Kier molecular flexibility index (Phi) is 4.83. The fourth-order valence-corrected chi connectivity index (χ4v) is 3.76. The number of carbonyl (C=O) groups excluding carboxylic acids is 1. The third-order valence-corrected chi connectivity index (χ3v) is 5.22. The van der Waals surface area contributed by atoms with Crippen LogP contribution in [0.4, 0.5) is 0 Å². The Morgan fingerprint density at radius 3 is 2.60 bits per heavy atom. The zero-order valence-electron chi connectivity index (χ0n) is 12.2. The Morgan fingerprint density at radius 2 is 2.10 bits per heavy atom. The fraction of sp³-hybridized carbons (Fsp3) is 0.400. The Bertz CT molecular complexity index is 630. The summed E-state index contributed by atoms with van der Waals surface area (Å²) in [5.74, 6) is 0.185. The molecule has 0 unspecified atom stereocenters. The third-order valence-electron chi connectivity index (χ3n) is 3.54. The van der Waals surface area contributed by atoms with Gasteiger partial charge in [0, 0.05) is 45.3 Å². The molecule has 0 bridgehead atoms. The van der Waals surface area contributed by atoms with Gasteiger partial charge in [0.05, 0.1) is 6.54 Å². The maximum atomic E-state index is 12.4. The van der Waals surface area contributed by atoms with Crippen molar-refractivity contribution in [3.8, 4) is 0 Å². The van der Waals surface area contributed by atoms with Crippen molar-refractivity contribution in [1.29, 1.82) is 0 Å². The first kappa shape index (κ1) is 15.5. The summed E-state index contributed by atoms with van der Waals surface area (Å²) in [5.41, 5.74) is 3.00. The smallest absolute Gasteiger partial charge is 0.178 e. The second-order valence-corrected chi connectivity index (χ2v) is 7.08. The molecule has 2 rings (SSSR count). The minimum atomic E-state index is 0.185. The topological polar surface area (TPSA) is 25.2 Å². The number of halogens is 1. The summed E-state index contributed by atoms with van der Waals surface area (Å²) >= 11 is 5.16. The van der Waals surface area contributed by atoms with Crippen LogP contribution in [0.15, 0.2) is 22.0 Å². The van der Waals surface area contributed by atoms with Gasteiger partial charge in [-0.1, -0.05) is 0 Å². The maximum absolute atomic E-state index is 12.4. The van der Waals surface area contributed by atoms with Crippen LogP contribution >= 0.6 is 27.3 Å². The molecule has 0 saturated heterocycles.